The Hall–Kier alpha value is 0.950. The molecular weight excluding hydrogens is 147 g/mol. The second kappa shape index (κ2) is 24.6. The van der Waals surface area contributed by atoms with Crippen LogP contribution >= 0.6 is 0 Å². The molecule has 0 bridgehead atoms. The van der Waals surface area contributed by atoms with E-state index in [1.165, 1.54) is 0 Å². The summed E-state index contributed by atoms with van der Waals surface area (Å²) in [6, 6.07) is 0. The summed E-state index contributed by atoms with van der Waals surface area (Å²) in [4.78, 5) is 0. The first-order valence-corrected chi connectivity index (χ1v) is 1.88. The van der Waals surface area contributed by atoms with E-state index in [9.17, 15) is 0 Å². The van der Waals surface area contributed by atoms with E-state index in [0.29, 0.717) is 0 Å². The van der Waals surface area contributed by atoms with E-state index in [1.807, 2.05) is 0 Å². The van der Waals surface area contributed by atoms with Crippen molar-refractivity contribution >= 4 is 11.4 Å². The van der Waals surface area contributed by atoms with Gasteiger partial charge in [0.25, 0.3) is 0 Å². The van der Waals surface area contributed by atoms with Gasteiger partial charge in [-0.1, -0.05) is 0 Å². The fourth-order valence-corrected chi connectivity index (χ4v) is 0. The predicted octanol–water partition coefficient (Wildman–Crippen LogP) is -5.66. The molecule has 8 heteroatoms. The molecule has 0 aromatic heterocycles. The average Bonchev–Trinajstić information content (AvgIpc) is 1.41. The van der Waals surface area contributed by atoms with Crippen LogP contribution in [0.15, 0.2) is 0 Å². The summed E-state index contributed by atoms with van der Waals surface area (Å²) < 4.78 is 24.1. The first-order chi connectivity index (χ1) is 2.73. The molecule has 1 unspecified atom stereocenters. The van der Waals surface area contributed by atoms with Gasteiger partial charge in [-0.05, 0) is 0 Å². The zero-order valence-electron chi connectivity index (χ0n) is 4.33. The topological polar surface area (TPSA) is 144 Å². The number of hydrazine groups is 1. The van der Waals surface area contributed by atoms with Gasteiger partial charge in [-0.25, -0.2) is 4.21 Å². The molecule has 6 nitrogen and oxygen atoms in total. The Labute approximate surface area is 71.3 Å². The summed E-state index contributed by atoms with van der Waals surface area (Å²) in [5.74, 6) is 8.00. The molecule has 7 N–H and O–H groups in total. The second-order valence-corrected chi connectivity index (χ2v) is 0.651. The summed E-state index contributed by atoms with van der Waals surface area (Å²) in [6.45, 7) is 0. The van der Waals surface area contributed by atoms with Crippen LogP contribution in [0.1, 0.15) is 0 Å². The minimum atomic E-state index is -2.86. The molecule has 0 rings (SSSR count). The Morgan fingerprint density at radius 2 is 1.50 bits per heavy atom. The smallest absolute Gasteiger partial charge is 0.750 e. The Morgan fingerprint density at radius 1 is 1.50 bits per heavy atom. The quantitative estimate of drug-likeness (QED) is 0.138. The molecule has 0 aliphatic carbocycles. The van der Waals surface area contributed by atoms with E-state index in [2.05, 4.69) is 11.7 Å². The Bertz CT molecular complexity index is 37.0. The van der Waals surface area contributed by atoms with Crippen LogP contribution in [0.3, 0.4) is 0 Å². The van der Waals surface area contributed by atoms with Gasteiger partial charge in [-0.3, -0.25) is 11.7 Å². The van der Waals surface area contributed by atoms with Gasteiger partial charge in [0, 0.05) is 0 Å². The van der Waals surface area contributed by atoms with Crippen molar-refractivity contribution in [3.05, 3.63) is 0 Å². The summed E-state index contributed by atoms with van der Waals surface area (Å²) in [6.07, 6.45) is 0. The summed E-state index contributed by atoms with van der Waals surface area (Å²) in [5.41, 5.74) is 0. The van der Waals surface area contributed by atoms with Crippen molar-refractivity contribution in [3.8, 4) is 0 Å². The first kappa shape index (κ1) is 23.1. The molecule has 48 valence electrons. The molecule has 0 heterocycles. The summed E-state index contributed by atoms with van der Waals surface area (Å²) in [5, 5.41) is 0. The van der Waals surface area contributed by atoms with E-state index in [0.717, 1.165) is 0 Å². The van der Waals surface area contributed by atoms with Crippen LogP contribution in [0.2, 0.25) is 0 Å². The van der Waals surface area contributed by atoms with Crippen molar-refractivity contribution in [1.29, 1.82) is 0 Å². The van der Waals surface area contributed by atoms with Crippen molar-refractivity contribution in [3.63, 3.8) is 0 Å². The molecule has 0 amide bonds. The van der Waals surface area contributed by atoms with E-state index in [-0.39, 0.29) is 35.0 Å². The van der Waals surface area contributed by atoms with E-state index in [1.54, 1.807) is 0 Å². The van der Waals surface area contributed by atoms with Crippen molar-refractivity contribution in [2.75, 3.05) is 0 Å². The van der Waals surface area contributed by atoms with Crippen LogP contribution in [0, 0.1) is 0 Å². The van der Waals surface area contributed by atoms with Crippen LogP contribution in [-0.4, -0.2) is 18.8 Å². The maximum atomic E-state index is 8.56. The van der Waals surface area contributed by atoms with Gasteiger partial charge in [0.15, 0.2) is 0 Å². The first-order valence-electron chi connectivity index (χ1n) is 0.849. The fraction of sp³-hybridized carbons (Fsp3) is 0. The van der Waals surface area contributed by atoms with Gasteiger partial charge < -0.3 is 14.6 Å². The third-order valence-electron chi connectivity index (χ3n) is 0. The van der Waals surface area contributed by atoms with Gasteiger partial charge in [0.05, 0.1) is 11.4 Å². The van der Waals surface area contributed by atoms with Crippen molar-refractivity contribution in [2.24, 2.45) is 11.7 Å². The van der Waals surface area contributed by atoms with Crippen molar-refractivity contribution < 1.29 is 48.3 Å². The van der Waals surface area contributed by atoms with Crippen molar-refractivity contribution in [1.82, 2.24) is 0 Å². The average molecular weight is 154 g/mol. The van der Waals surface area contributed by atoms with Gasteiger partial charge in [-0.15, -0.1) is 0 Å². The van der Waals surface area contributed by atoms with Gasteiger partial charge in [-0.2, -0.15) is 0 Å². The summed E-state index contributed by atoms with van der Waals surface area (Å²) in [7, 11) is 0. The van der Waals surface area contributed by atoms with Gasteiger partial charge >= 0.3 is 29.6 Å². The maximum Gasteiger partial charge on any atom is 1.00 e. The molecule has 0 aliphatic rings. The molecule has 0 radical (unpaired) electrons. The normalized spacial score (nSPS) is 8.50. The predicted molar refractivity (Wildman–Crippen MR) is 23.5 cm³/mol. The molecule has 0 aromatic rings. The standard InChI is InChI=1S/H4N2.Na.H2O3S.H2O/c1-2;;1-4(2)3;/h1-2H2;;(H2,1,2,3);1H2/q;+1;;/p-1. The minimum Gasteiger partial charge on any atom is -0.750 e. The number of nitrogens with two attached hydrogens (primary N) is 2. The molecule has 1 atom stereocenters. The number of rotatable bonds is 0. The largest absolute Gasteiger partial charge is 1.00 e. The zero-order chi connectivity index (χ0) is 5.58. The Morgan fingerprint density at radius 3 is 1.50 bits per heavy atom. The molecular formula is H7N2NaO4S. The minimum absolute atomic E-state index is 0. The summed E-state index contributed by atoms with van der Waals surface area (Å²) >= 11 is -2.86. The SMILES string of the molecule is NN.O.O=S([O-])O.[Na+]. The molecule has 0 fully saturated rings. The van der Waals surface area contributed by atoms with E-state index in [4.69, 9.17) is 13.3 Å². The number of hydrogen-bond donors (Lipinski definition) is 3. The number of hydrogen-bond acceptors (Lipinski definition) is 4. The molecule has 0 saturated carbocycles. The molecule has 0 saturated heterocycles. The van der Waals surface area contributed by atoms with Gasteiger partial charge in [0.2, 0.25) is 0 Å². The third-order valence-corrected chi connectivity index (χ3v) is 0. The van der Waals surface area contributed by atoms with Crippen LogP contribution in [0.4, 0.5) is 0 Å². The molecule has 8 heavy (non-hydrogen) atoms. The molecule has 0 spiro atoms. The molecule has 0 aromatic carbocycles. The Balaban J connectivity index is -0.0000000183. The van der Waals surface area contributed by atoms with Crippen LogP contribution < -0.4 is 41.2 Å². The fourth-order valence-electron chi connectivity index (χ4n) is 0. The van der Waals surface area contributed by atoms with Crippen molar-refractivity contribution in [2.45, 2.75) is 0 Å². The maximum absolute atomic E-state index is 8.56. The Kier molecular flexibility index (Phi) is 71.0. The monoisotopic (exact) mass is 154 g/mol. The zero-order valence-corrected chi connectivity index (χ0v) is 7.14. The van der Waals surface area contributed by atoms with E-state index < -0.39 is 11.4 Å². The van der Waals surface area contributed by atoms with Crippen LogP contribution in [0.25, 0.3) is 0 Å². The van der Waals surface area contributed by atoms with E-state index >= 15 is 0 Å². The third kappa shape index (κ3) is 273. The van der Waals surface area contributed by atoms with Gasteiger partial charge in [0.1, 0.15) is 0 Å². The second-order valence-electron chi connectivity index (χ2n) is 0.217. The van der Waals surface area contributed by atoms with Crippen LogP contribution in [-0.2, 0) is 11.4 Å². The molecule has 0 aliphatic heterocycles. The van der Waals surface area contributed by atoms with Crippen LogP contribution in [0.5, 0.6) is 0 Å².